The van der Waals surface area contributed by atoms with Gasteiger partial charge in [-0.15, -0.1) is 0 Å². The van der Waals surface area contributed by atoms with Crippen LogP contribution in [0.2, 0.25) is 0 Å². The Morgan fingerprint density at radius 1 is 1.17 bits per heavy atom. The van der Waals surface area contributed by atoms with E-state index in [2.05, 4.69) is 0 Å². The topological polar surface area (TPSA) is 38.8 Å². The SMILES string of the molecule is CN(C(=O)CC1CC1)C1CCC2(CC1)OCCO2. The molecule has 0 radical (unpaired) electrons. The van der Waals surface area contributed by atoms with E-state index in [1.54, 1.807) is 0 Å². The van der Waals surface area contributed by atoms with E-state index in [1.807, 2.05) is 11.9 Å². The Morgan fingerprint density at radius 3 is 2.33 bits per heavy atom. The lowest BCUT2D eigenvalue weighted by Crippen LogP contribution is -2.45. The molecule has 1 spiro atoms. The molecule has 0 N–H and O–H groups in total. The first kappa shape index (κ1) is 12.4. The van der Waals surface area contributed by atoms with E-state index in [9.17, 15) is 4.79 Å². The average Bonchev–Trinajstić information content (AvgIpc) is 3.09. The fraction of sp³-hybridized carbons (Fsp3) is 0.929. The van der Waals surface area contributed by atoms with Crippen molar-refractivity contribution < 1.29 is 14.3 Å². The first-order chi connectivity index (χ1) is 8.69. The minimum Gasteiger partial charge on any atom is -0.348 e. The first-order valence-corrected chi connectivity index (χ1v) is 7.22. The van der Waals surface area contributed by atoms with Gasteiger partial charge in [0.15, 0.2) is 5.79 Å². The van der Waals surface area contributed by atoms with Crippen LogP contribution in [0.25, 0.3) is 0 Å². The molecule has 1 saturated heterocycles. The van der Waals surface area contributed by atoms with Crippen LogP contribution in [0.5, 0.6) is 0 Å². The van der Waals surface area contributed by atoms with Crippen LogP contribution >= 0.6 is 0 Å². The Balaban J connectivity index is 1.50. The lowest BCUT2D eigenvalue weighted by atomic mass is 9.89. The van der Waals surface area contributed by atoms with E-state index in [0.29, 0.717) is 17.9 Å². The Morgan fingerprint density at radius 2 is 1.78 bits per heavy atom. The molecule has 18 heavy (non-hydrogen) atoms. The highest BCUT2D eigenvalue weighted by atomic mass is 16.7. The van der Waals surface area contributed by atoms with Gasteiger partial charge in [-0.1, -0.05) is 0 Å². The molecule has 3 fully saturated rings. The van der Waals surface area contributed by atoms with E-state index in [4.69, 9.17) is 9.47 Å². The molecule has 0 unspecified atom stereocenters. The minimum atomic E-state index is -0.309. The summed E-state index contributed by atoms with van der Waals surface area (Å²) in [4.78, 5) is 14.0. The zero-order valence-electron chi connectivity index (χ0n) is 11.2. The number of amides is 1. The number of hydrogen-bond donors (Lipinski definition) is 0. The Hall–Kier alpha value is -0.610. The van der Waals surface area contributed by atoms with Crippen molar-refractivity contribution in [3.05, 3.63) is 0 Å². The molecule has 0 aromatic heterocycles. The molecular weight excluding hydrogens is 230 g/mol. The summed E-state index contributed by atoms with van der Waals surface area (Å²) >= 11 is 0. The van der Waals surface area contributed by atoms with Crippen LogP contribution in [0.4, 0.5) is 0 Å². The lowest BCUT2D eigenvalue weighted by Gasteiger charge is -2.39. The molecule has 3 rings (SSSR count). The fourth-order valence-corrected chi connectivity index (χ4v) is 3.13. The van der Waals surface area contributed by atoms with Crippen molar-refractivity contribution in [3.63, 3.8) is 0 Å². The summed E-state index contributed by atoms with van der Waals surface area (Å²) in [5.74, 6) is 0.694. The summed E-state index contributed by atoms with van der Waals surface area (Å²) in [6.07, 6.45) is 7.12. The van der Waals surface area contributed by atoms with Gasteiger partial charge in [-0.2, -0.15) is 0 Å². The van der Waals surface area contributed by atoms with Crippen LogP contribution < -0.4 is 0 Å². The number of carbonyl (C=O) groups excluding carboxylic acids is 1. The van der Waals surface area contributed by atoms with Crippen LogP contribution in [0.1, 0.15) is 44.9 Å². The first-order valence-electron chi connectivity index (χ1n) is 7.22. The van der Waals surface area contributed by atoms with Crippen molar-refractivity contribution in [3.8, 4) is 0 Å². The number of carbonyl (C=O) groups is 1. The second-order valence-corrected chi connectivity index (χ2v) is 5.99. The number of rotatable bonds is 3. The maximum atomic E-state index is 12.1. The van der Waals surface area contributed by atoms with Crippen molar-refractivity contribution in [2.75, 3.05) is 20.3 Å². The molecule has 3 aliphatic rings. The molecule has 0 bridgehead atoms. The molecule has 1 amide bonds. The van der Waals surface area contributed by atoms with Gasteiger partial charge in [-0.25, -0.2) is 0 Å². The average molecular weight is 253 g/mol. The molecule has 1 heterocycles. The molecule has 0 aromatic rings. The quantitative estimate of drug-likeness (QED) is 0.771. The molecule has 102 valence electrons. The molecule has 4 nitrogen and oxygen atoms in total. The molecular formula is C14H23NO3. The minimum absolute atomic E-state index is 0.309. The Kier molecular flexibility index (Phi) is 3.32. The smallest absolute Gasteiger partial charge is 0.222 e. The van der Waals surface area contributed by atoms with Crippen molar-refractivity contribution >= 4 is 5.91 Å². The maximum absolute atomic E-state index is 12.1. The highest BCUT2D eigenvalue weighted by molar-refractivity contribution is 5.76. The highest BCUT2D eigenvalue weighted by Gasteiger charge is 2.41. The number of nitrogens with zero attached hydrogens (tertiary/aromatic N) is 1. The monoisotopic (exact) mass is 253 g/mol. The largest absolute Gasteiger partial charge is 0.348 e. The summed E-state index contributed by atoms with van der Waals surface area (Å²) in [5, 5.41) is 0. The molecule has 4 heteroatoms. The third kappa shape index (κ3) is 2.54. The third-order valence-electron chi connectivity index (χ3n) is 4.63. The Bertz CT molecular complexity index is 311. The predicted molar refractivity (Wildman–Crippen MR) is 67.0 cm³/mol. The van der Waals surface area contributed by atoms with Gasteiger partial charge in [0.05, 0.1) is 13.2 Å². The summed E-state index contributed by atoms with van der Waals surface area (Å²) < 4.78 is 11.4. The van der Waals surface area contributed by atoms with Crippen LogP contribution in [0.15, 0.2) is 0 Å². The predicted octanol–water partition coefficient (Wildman–Crippen LogP) is 1.93. The second-order valence-electron chi connectivity index (χ2n) is 5.99. The van der Waals surface area contributed by atoms with Crippen LogP contribution in [-0.4, -0.2) is 42.9 Å². The van der Waals surface area contributed by atoms with E-state index in [1.165, 1.54) is 12.8 Å². The maximum Gasteiger partial charge on any atom is 0.222 e. The third-order valence-corrected chi connectivity index (χ3v) is 4.63. The van der Waals surface area contributed by atoms with E-state index >= 15 is 0 Å². The van der Waals surface area contributed by atoms with Crippen LogP contribution in [0, 0.1) is 5.92 Å². The molecule has 0 atom stereocenters. The highest BCUT2D eigenvalue weighted by Crippen LogP contribution is 2.38. The van der Waals surface area contributed by atoms with E-state index < -0.39 is 0 Å². The van der Waals surface area contributed by atoms with Gasteiger partial charge in [-0.3, -0.25) is 4.79 Å². The van der Waals surface area contributed by atoms with Crippen LogP contribution in [0.3, 0.4) is 0 Å². The lowest BCUT2D eigenvalue weighted by molar-refractivity contribution is -0.184. The van der Waals surface area contributed by atoms with Gasteiger partial charge < -0.3 is 14.4 Å². The van der Waals surface area contributed by atoms with Gasteiger partial charge in [-0.05, 0) is 31.6 Å². The molecule has 0 aromatic carbocycles. The standard InChI is InChI=1S/C14H23NO3/c1-15(13(16)10-11-2-3-11)12-4-6-14(7-5-12)17-8-9-18-14/h11-12H,2-10H2,1H3. The summed E-state index contributed by atoms with van der Waals surface area (Å²) in [5.41, 5.74) is 0. The van der Waals surface area contributed by atoms with Gasteiger partial charge in [0, 0.05) is 32.4 Å². The molecule has 1 aliphatic heterocycles. The fourth-order valence-electron chi connectivity index (χ4n) is 3.13. The Labute approximate surface area is 109 Å². The summed E-state index contributed by atoms with van der Waals surface area (Å²) in [7, 11) is 1.96. The second kappa shape index (κ2) is 4.82. The molecule has 2 saturated carbocycles. The van der Waals surface area contributed by atoms with E-state index in [-0.39, 0.29) is 5.79 Å². The van der Waals surface area contributed by atoms with Crippen molar-refractivity contribution in [2.45, 2.75) is 56.8 Å². The van der Waals surface area contributed by atoms with Gasteiger partial charge in [0.25, 0.3) is 0 Å². The van der Waals surface area contributed by atoms with Crippen molar-refractivity contribution in [2.24, 2.45) is 5.92 Å². The zero-order chi connectivity index (χ0) is 12.6. The number of hydrogen-bond acceptors (Lipinski definition) is 3. The zero-order valence-corrected chi connectivity index (χ0v) is 11.2. The van der Waals surface area contributed by atoms with Gasteiger partial charge in [0.2, 0.25) is 5.91 Å². The van der Waals surface area contributed by atoms with Gasteiger partial charge >= 0.3 is 0 Å². The summed E-state index contributed by atoms with van der Waals surface area (Å²) in [6, 6.07) is 0.384. The van der Waals surface area contributed by atoms with Gasteiger partial charge in [0.1, 0.15) is 0 Å². The van der Waals surface area contributed by atoms with Crippen molar-refractivity contribution in [1.82, 2.24) is 4.90 Å². The van der Waals surface area contributed by atoms with Crippen LogP contribution in [-0.2, 0) is 14.3 Å². The van der Waals surface area contributed by atoms with Crippen molar-refractivity contribution in [1.29, 1.82) is 0 Å². The normalized spacial score (nSPS) is 27.6. The number of ether oxygens (including phenoxy) is 2. The molecule has 2 aliphatic carbocycles. The van der Waals surface area contributed by atoms with E-state index in [0.717, 1.165) is 45.3 Å². The summed E-state index contributed by atoms with van der Waals surface area (Å²) in [6.45, 7) is 1.45.